The summed E-state index contributed by atoms with van der Waals surface area (Å²) >= 11 is 0. The van der Waals surface area contributed by atoms with Crippen LogP contribution in [0.5, 0.6) is 11.5 Å². The Kier molecular flexibility index (Phi) is 7.70. The third-order valence-electron chi connectivity index (χ3n) is 5.74. The highest BCUT2D eigenvalue weighted by Crippen LogP contribution is 2.59. The smallest absolute Gasteiger partial charge is 0.330 e. The molecule has 2 aromatic rings. The second-order valence-electron chi connectivity index (χ2n) is 8.41. The molecule has 1 saturated carbocycles. The van der Waals surface area contributed by atoms with Crippen LogP contribution >= 0.6 is 0 Å². The van der Waals surface area contributed by atoms with Crippen molar-refractivity contribution in [3.05, 3.63) is 72.3 Å². The van der Waals surface area contributed by atoms with Gasteiger partial charge in [0.25, 0.3) is 0 Å². The van der Waals surface area contributed by atoms with E-state index in [4.69, 9.17) is 18.9 Å². The zero-order valence-electron chi connectivity index (χ0n) is 18.9. The van der Waals surface area contributed by atoms with Crippen molar-refractivity contribution in [2.75, 3.05) is 20.3 Å². The molecular formula is C26H30O6. The van der Waals surface area contributed by atoms with Crippen LogP contribution in [0, 0.1) is 17.3 Å². The molecule has 170 valence electrons. The molecule has 3 atom stereocenters. The topological polar surface area (TPSA) is 71.1 Å². The van der Waals surface area contributed by atoms with E-state index in [9.17, 15) is 9.59 Å². The summed E-state index contributed by atoms with van der Waals surface area (Å²) in [6.45, 7) is 6.36. The van der Waals surface area contributed by atoms with Gasteiger partial charge >= 0.3 is 11.9 Å². The highest BCUT2D eigenvalue weighted by molar-refractivity contribution is 5.83. The molecule has 0 aliphatic heterocycles. The largest absolute Gasteiger partial charge is 0.460 e. The minimum absolute atomic E-state index is 0.0788. The zero-order valence-corrected chi connectivity index (χ0v) is 18.9. The first-order valence-electron chi connectivity index (χ1n) is 10.7. The van der Waals surface area contributed by atoms with Crippen molar-refractivity contribution < 1.29 is 28.5 Å². The number of benzene rings is 2. The zero-order chi connectivity index (χ0) is 23.1. The van der Waals surface area contributed by atoms with Crippen LogP contribution in [0.15, 0.2) is 66.7 Å². The summed E-state index contributed by atoms with van der Waals surface area (Å²) in [4.78, 5) is 24.6. The molecule has 0 amide bonds. The Labute approximate surface area is 189 Å². The van der Waals surface area contributed by atoms with Gasteiger partial charge in [-0.25, -0.2) is 4.79 Å². The van der Waals surface area contributed by atoms with E-state index in [1.165, 1.54) is 6.08 Å². The van der Waals surface area contributed by atoms with Crippen molar-refractivity contribution in [2.45, 2.75) is 26.9 Å². The van der Waals surface area contributed by atoms with E-state index in [2.05, 4.69) is 0 Å². The molecule has 0 N–H and O–H groups in total. The first-order chi connectivity index (χ1) is 15.3. The maximum atomic E-state index is 12.8. The SMILES string of the molecule is COCCOC(=O)/C=C\[C@H]1[C@@H](C(=O)O[C@H](C)c2cccc(Oc3ccccc3)c2)C1(C)C. The number of ether oxygens (including phenoxy) is 4. The number of carbonyl (C=O) groups excluding carboxylic acids is 2. The number of rotatable bonds is 10. The van der Waals surface area contributed by atoms with Crippen LogP contribution in [0.2, 0.25) is 0 Å². The summed E-state index contributed by atoms with van der Waals surface area (Å²) in [5.41, 5.74) is 0.567. The predicted molar refractivity (Wildman–Crippen MR) is 120 cm³/mol. The van der Waals surface area contributed by atoms with Gasteiger partial charge in [-0.1, -0.05) is 50.3 Å². The number of esters is 2. The van der Waals surface area contributed by atoms with Crippen LogP contribution in [0.25, 0.3) is 0 Å². The van der Waals surface area contributed by atoms with Crippen LogP contribution in [-0.2, 0) is 23.8 Å². The summed E-state index contributed by atoms with van der Waals surface area (Å²) in [7, 11) is 1.54. The summed E-state index contributed by atoms with van der Waals surface area (Å²) in [6.07, 6.45) is 2.69. The average Bonchev–Trinajstić information content (AvgIpc) is 3.33. The molecule has 0 unspecified atom stereocenters. The lowest BCUT2D eigenvalue weighted by Crippen LogP contribution is -2.13. The molecule has 1 aliphatic carbocycles. The molecule has 0 heterocycles. The molecule has 1 aliphatic rings. The predicted octanol–water partition coefficient (Wildman–Crippen LogP) is 5.10. The van der Waals surface area contributed by atoms with E-state index in [1.807, 2.05) is 75.4 Å². The highest BCUT2D eigenvalue weighted by Gasteiger charge is 2.61. The van der Waals surface area contributed by atoms with Gasteiger partial charge < -0.3 is 18.9 Å². The third-order valence-corrected chi connectivity index (χ3v) is 5.74. The van der Waals surface area contributed by atoms with E-state index in [-0.39, 0.29) is 29.8 Å². The van der Waals surface area contributed by atoms with Crippen LogP contribution in [0.4, 0.5) is 0 Å². The molecule has 2 aromatic carbocycles. The molecular weight excluding hydrogens is 408 g/mol. The summed E-state index contributed by atoms with van der Waals surface area (Å²) in [6, 6.07) is 17.0. The fourth-order valence-electron chi connectivity index (χ4n) is 3.71. The molecule has 0 spiro atoms. The van der Waals surface area contributed by atoms with Gasteiger partial charge in [0, 0.05) is 13.2 Å². The lowest BCUT2D eigenvalue weighted by molar-refractivity contribution is -0.151. The van der Waals surface area contributed by atoms with E-state index < -0.39 is 12.1 Å². The average molecular weight is 439 g/mol. The molecule has 1 fully saturated rings. The fraction of sp³-hybridized carbons (Fsp3) is 0.385. The van der Waals surface area contributed by atoms with Gasteiger partial charge in [-0.2, -0.15) is 0 Å². The first-order valence-corrected chi connectivity index (χ1v) is 10.7. The third kappa shape index (κ3) is 5.98. The molecule has 3 rings (SSSR count). The Morgan fingerprint density at radius 2 is 1.75 bits per heavy atom. The van der Waals surface area contributed by atoms with E-state index in [0.717, 1.165) is 11.3 Å². The summed E-state index contributed by atoms with van der Waals surface area (Å²) in [5.74, 6) is 0.307. The van der Waals surface area contributed by atoms with Crippen molar-refractivity contribution >= 4 is 11.9 Å². The molecule has 6 heteroatoms. The number of allylic oxidation sites excluding steroid dienone is 1. The van der Waals surface area contributed by atoms with Gasteiger partial charge in [-0.3, -0.25) is 4.79 Å². The number of hydrogen-bond acceptors (Lipinski definition) is 6. The Hall–Kier alpha value is -3.12. The van der Waals surface area contributed by atoms with Crippen LogP contribution < -0.4 is 4.74 Å². The molecule has 0 saturated heterocycles. The molecule has 0 radical (unpaired) electrons. The van der Waals surface area contributed by atoms with Crippen molar-refractivity contribution in [1.29, 1.82) is 0 Å². The quantitative estimate of drug-likeness (QED) is 0.292. The van der Waals surface area contributed by atoms with Crippen LogP contribution in [0.1, 0.15) is 32.4 Å². The Morgan fingerprint density at radius 3 is 2.47 bits per heavy atom. The molecule has 0 aromatic heterocycles. The summed E-state index contributed by atoms with van der Waals surface area (Å²) in [5, 5.41) is 0. The number of hydrogen-bond donors (Lipinski definition) is 0. The van der Waals surface area contributed by atoms with Gasteiger partial charge in [-0.15, -0.1) is 0 Å². The molecule has 0 bridgehead atoms. The Balaban J connectivity index is 1.57. The fourth-order valence-corrected chi connectivity index (χ4v) is 3.71. The second-order valence-corrected chi connectivity index (χ2v) is 8.41. The van der Waals surface area contributed by atoms with Crippen LogP contribution in [-0.4, -0.2) is 32.3 Å². The van der Waals surface area contributed by atoms with Gasteiger partial charge in [0.15, 0.2) is 0 Å². The van der Waals surface area contributed by atoms with E-state index in [1.54, 1.807) is 13.2 Å². The number of para-hydroxylation sites is 1. The number of methoxy groups -OCH3 is 1. The first kappa shape index (κ1) is 23.5. The molecule has 32 heavy (non-hydrogen) atoms. The lowest BCUT2D eigenvalue weighted by Gasteiger charge is -2.15. The standard InChI is InChI=1S/C26H30O6/c1-18(19-9-8-12-21(17-19)32-20-10-6-5-7-11-20)31-25(28)24-22(26(24,2)3)13-14-23(27)30-16-15-29-4/h5-14,17-18,22,24H,15-16H2,1-4H3/b14-13-/t18-,22+,24+/m1/s1. The monoisotopic (exact) mass is 438 g/mol. The minimum Gasteiger partial charge on any atom is -0.460 e. The number of carbonyl (C=O) groups is 2. The van der Waals surface area contributed by atoms with Gasteiger partial charge in [0.1, 0.15) is 24.2 Å². The Morgan fingerprint density at radius 1 is 1.03 bits per heavy atom. The minimum atomic E-state index is -0.444. The lowest BCUT2D eigenvalue weighted by atomic mass is 10.1. The van der Waals surface area contributed by atoms with Gasteiger partial charge in [0.05, 0.1) is 12.5 Å². The molecule has 6 nitrogen and oxygen atoms in total. The Bertz CT molecular complexity index is 950. The summed E-state index contributed by atoms with van der Waals surface area (Å²) < 4.78 is 21.5. The van der Waals surface area contributed by atoms with E-state index >= 15 is 0 Å². The van der Waals surface area contributed by atoms with Crippen molar-refractivity contribution in [2.24, 2.45) is 17.3 Å². The van der Waals surface area contributed by atoms with Gasteiger partial charge in [-0.05, 0) is 48.1 Å². The second kappa shape index (κ2) is 10.5. The van der Waals surface area contributed by atoms with Crippen molar-refractivity contribution in [3.63, 3.8) is 0 Å². The maximum Gasteiger partial charge on any atom is 0.330 e. The van der Waals surface area contributed by atoms with Crippen molar-refractivity contribution in [3.8, 4) is 11.5 Å². The highest BCUT2D eigenvalue weighted by atomic mass is 16.6. The maximum absolute atomic E-state index is 12.8. The van der Waals surface area contributed by atoms with Crippen molar-refractivity contribution in [1.82, 2.24) is 0 Å². The van der Waals surface area contributed by atoms with E-state index in [0.29, 0.717) is 12.4 Å². The normalized spacial score (nSPS) is 19.9. The van der Waals surface area contributed by atoms with Crippen LogP contribution in [0.3, 0.4) is 0 Å². The van der Waals surface area contributed by atoms with Gasteiger partial charge in [0.2, 0.25) is 0 Å².